The minimum absolute atomic E-state index is 0.246. The average Bonchev–Trinajstić information content (AvgIpc) is 2.18. The second kappa shape index (κ2) is 4.32. The van der Waals surface area contributed by atoms with Crippen molar-refractivity contribution in [2.24, 2.45) is 0 Å². The first-order valence-electron chi connectivity index (χ1n) is 4.09. The summed E-state index contributed by atoms with van der Waals surface area (Å²) in [4.78, 5) is 19.7. The zero-order valence-corrected chi connectivity index (χ0v) is 7.75. The van der Waals surface area contributed by atoms with Crippen molar-refractivity contribution in [3.8, 4) is 0 Å². The average molecular weight is 208 g/mol. The van der Waals surface area contributed by atoms with Crippen LogP contribution < -0.4 is 0 Å². The van der Waals surface area contributed by atoms with Gasteiger partial charge >= 0.3 is 0 Å². The van der Waals surface area contributed by atoms with Crippen LogP contribution in [0.25, 0.3) is 0 Å². The van der Waals surface area contributed by atoms with Crippen molar-refractivity contribution in [1.29, 1.82) is 0 Å². The Kier molecular flexibility index (Phi) is 3.12. The largest absolute Gasteiger partial charge is 0.279 e. The number of non-ortho nitro benzene ring substituents is 1. The standard InChI is InChI=1S/C9H8N2O4/c1-2-3-7-4-5-8(10(12)13)6-9(7)11(14)15/h2,4-6H,1,3H2. The monoisotopic (exact) mass is 208 g/mol. The van der Waals surface area contributed by atoms with Gasteiger partial charge < -0.3 is 0 Å². The van der Waals surface area contributed by atoms with Gasteiger partial charge in [0.25, 0.3) is 11.4 Å². The molecule has 0 saturated carbocycles. The molecule has 0 N–H and O–H groups in total. The molecule has 0 atom stereocenters. The minimum atomic E-state index is -0.662. The highest BCUT2D eigenvalue weighted by molar-refractivity contribution is 5.49. The maximum Gasteiger partial charge on any atom is 0.279 e. The van der Waals surface area contributed by atoms with E-state index in [4.69, 9.17) is 0 Å². The van der Waals surface area contributed by atoms with Crippen LogP contribution in [-0.4, -0.2) is 9.85 Å². The normalized spacial score (nSPS) is 9.60. The van der Waals surface area contributed by atoms with Crippen molar-refractivity contribution in [3.05, 3.63) is 56.6 Å². The summed E-state index contributed by atoms with van der Waals surface area (Å²) in [5.41, 5.74) is -0.112. The van der Waals surface area contributed by atoms with Gasteiger partial charge in [-0.25, -0.2) is 0 Å². The van der Waals surface area contributed by atoms with Crippen LogP contribution in [0, 0.1) is 20.2 Å². The summed E-state index contributed by atoms with van der Waals surface area (Å²) in [6.45, 7) is 3.46. The highest BCUT2D eigenvalue weighted by atomic mass is 16.6. The summed E-state index contributed by atoms with van der Waals surface area (Å²) in [5.74, 6) is 0. The Balaban J connectivity index is 3.26. The number of hydrogen-bond donors (Lipinski definition) is 0. The van der Waals surface area contributed by atoms with Crippen LogP contribution >= 0.6 is 0 Å². The Hall–Kier alpha value is -2.24. The molecular formula is C9H8N2O4. The number of hydrogen-bond acceptors (Lipinski definition) is 4. The lowest BCUT2D eigenvalue weighted by atomic mass is 10.1. The van der Waals surface area contributed by atoms with Crippen molar-refractivity contribution in [2.75, 3.05) is 0 Å². The molecule has 0 unspecified atom stereocenters. The fraction of sp³-hybridized carbons (Fsp3) is 0.111. The van der Waals surface area contributed by atoms with E-state index in [-0.39, 0.29) is 11.4 Å². The molecule has 78 valence electrons. The van der Waals surface area contributed by atoms with Gasteiger partial charge in [0.2, 0.25) is 0 Å². The smallest absolute Gasteiger partial charge is 0.258 e. The maximum atomic E-state index is 10.6. The summed E-state index contributed by atoms with van der Waals surface area (Å²) >= 11 is 0. The lowest BCUT2D eigenvalue weighted by Gasteiger charge is -1.99. The van der Waals surface area contributed by atoms with E-state index in [1.807, 2.05) is 0 Å². The molecule has 15 heavy (non-hydrogen) atoms. The topological polar surface area (TPSA) is 86.3 Å². The molecule has 0 bridgehead atoms. The summed E-state index contributed by atoms with van der Waals surface area (Å²) in [7, 11) is 0. The Morgan fingerprint density at radius 3 is 2.40 bits per heavy atom. The summed E-state index contributed by atoms with van der Waals surface area (Å²) in [5, 5.41) is 21.0. The third-order valence-electron chi connectivity index (χ3n) is 1.84. The Bertz CT molecular complexity index is 428. The van der Waals surface area contributed by atoms with Gasteiger partial charge in [0, 0.05) is 11.6 Å². The van der Waals surface area contributed by atoms with Gasteiger partial charge in [-0.15, -0.1) is 6.58 Å². The number of rotatable bonds is 4. The van der Waals surface area contributed by atoms with E-state index in [1.54, 1.807) is 0 Å². The second-order valence-corrected chi connectivity index (χ2v) is 2.82. The van der Waals surface area contributed by atoms with E-state index >= 15 is 0 Å². The van der Waals surface area contributed by atoms with E-state index in [1.165, 1.54) is 18.2 Å². The molecule has 0 spiro atoms. The summed E-state index contributed by atoms with van der Waals surface area (Å²) in [6.07, 6.45) is 1.82. The predicted molar refractivity (Wildman–Crippen MR) is 53.7 cm³/mol. The number of nitro benzene ring substituents is 2. The molecule has 0 aliphatic rings. The van der Waals surface area contributed by atoms with Gasteiger partial charge in [0.1, 0.15) is 0 Å². The van der Waals surface area contributed by atoms with Crippen LogP contribution in [-0.2, 0) is 6.42 Å². The Morgan fingerprint density at radius 1 is 1.27 bits per heavy atom. The Morgan fingerprint density at radius 2 is 1.93 bits per heavy atom. The number of allylic oxidation sites excluding steroid dienone is 1. The molecule has 0 aromatic heterocycles. The first-order chi connectivity index (χ1) is 7.06. The molecule has 1 aromatic carbocycles. The molecule has 0 aliphatic carbocycles. The molecule has 0 saturated heterocycles. The van der Waals surface area contributed by atoms with Gasteiger partial charge in [-0.3, -0.25) is 20.2 Å². The van der Waals surface area contributed by atoms with Gasteiger partial charge in [-0.1, -0.05) is 6.08 Å². The van der Waals surface area contributed by atoms with Gasteiger partial charge in [0.05, 0.1) is 15.9 Å². The second-order valence-electron chi connectivity index (χ2n) is 2.82. The van der Waals surface area contributed by atoms with E-state index in [2.05, 4.69) is 6.58 Å². The number of benzene rings is 1. The lowest BCUT2D eigenvalue weighted by molar-refractivity contribution is -0.394. The zero-order chi connectivity index (χ0) is 11.4. The SMILES string of the molecule is C=CCc1ccc([N+](=O)[O-])cc1[N+](=O)[O-]. The van der Waals surface area contributed by atoms with Crippen molar-refractivity contribution in [3.63, 3.8) is 0 Å². The quantitative estimate of drug-likeness (QED) is 0.431. The Labute approximate surface area is 85.1 Å². The summed E-state index contributed by atoms with van der Waals surface area (Å²) < 4.78 is 0. The van der Waals surface area contributed by atoms with Crippen molar-refractivity contribution >= 4 is 11.4 Å². The van der Waals surface area contributed by atoms with Gasteiger partial charge in [-0.05, 0) is 12.5 Å². The highest BCUT2D eigenvalue weighted by Crippen LogP contribution is 2.24. The maximum absolute atomic E-state index is 10.6. The van der Waals surface area contributed by atoms with Gasteiger partial charge in [-0.2, -0.15) is 0 Å². The van der Waals surface area contributed by atoms with Crippen LogP contribution in [0.3, 0.4) is 0 Å². The molecule has 0 radical (unpaired) electrons. The molecule has 1 aromatic rings. The van der Waals surface area contributed by atoms with Crippen LogP contribution in [0.1, 0.15) is 5.56 Å². The first kappa shape index (κ1) is 10.8. The van der Waals surface area contributed by atoms with Crippen LogP contribution in [0.2, 0.25) is 0 Å². The fourth-order valence-corrected chi connectivity index (χ4v) is 1.16. The van der Waals surface area contributed by atoms with Crippen molar-refractivity contribution in [1.82, 2.24) is 0 Å². The molecule has 0 heterocycles. The zero-order valence-electron chi connectivity index (χ0n) is 7.75. The van der Waals surface area contributed by atoms with E-state index < -0.39 is 9.85 Å². The predicted octanol–water partition coefficient (Wildman–Crippen LogP) is 2.23. The lowest BCUT2D eigenvalue weighted by Crippen LogP contribution is -1.96. The number of nitrogens with zero attached hydrogens (tertiary/aromatic N) is 2. The molecule has 0 fully saturated rings. The highest BCUT2D eigenvalue weighted by Gasteiger charge is 2.17. The van der Waals surface area contributed by atoms with E-state index in [9.17, 15) is 20.2 Å². The van der Waals surface area contributed by atoms with E-state index in [0.29, 0.717) is 12.0 Å². The minimum Gasteiger partial charge on any atom is -0.258 e. The van der Waals surface area contributed by atoms with Crippen LogP contribution in [0.15, 0.2) is 30.9 Å². The third kappa shape index (κ3) is 2.37. The van der Waals surface area contributed by atoms with E-state index in [0.717, 1.165) is 6.07 Å². The third-order valence-corrected chi connectivity index (χ3v) is 1.84. The molecule has 6 heteroatoms. The van der Waals surface area contributed by atoms with Crippen LogP contribution in [0.5, 0.6) is 0 Å². The van der Waals surface area contributed by atoms with Gasteiger partial charge in [0.15, 0.2) is 0 Å². The molecule has 0 amide bonds. The fourth-order valence-electron chi connectivity index (χ4n) is 1.16. The molecular weight excluding hydrogens is 200 g/mol. The first-order valence-corrected chi connectivity index (χ1v) is 4.09. The molecule has 0 aliphatic heterocycles. The molecule has 1 rings (SSSR count). The van der Waals surface area contributed by atoms with Crippen molar-refractivity contribution < 1.29 is 9.85 Å². The molecule has 6 nitrogen and oxygen atoms in total. The number of nitro groups is 2. The summed E-state index contributed by atoms with van der Waals surface area (Å²) in [6, 6.07) is 3.57. The van der Waals surface area contributed by atoms with Crippen LogP contribution in [0.4, 0.5) is 11.4 Å². The van der Waals surface area contributed by atoms with Crippen molar-refractivity contribution in [2.45, 2.75) is 6.42 Å².